The molecule has 26 heavy (non-hydrogen) atoms. The normalized spacial score (nSPS) is 10.7. The minimum atomic E-state index is -0.318. The number of rotatable bonds is 6. The Labute approximate surface area is 154 Å². The van der Waals surface area contributed by atoms with Crippen molar-refractivity contribution in [3.05, 3.63) is 86.9 Å². The molecule has 2 aromatic carbocycles. The van der Waals surface area contributed by atoms with Gasteiger partial charge in [-0.3, -0.25) is 4.79 Å². The van der Waals surface area contributed by atoms with Crippen molar-refractivity contribution in [3.63, 3.8) is 0 Å². The molecular weight excluding hydrogens is 354 g/mol. The molecular formula is C20H18F2N2OS. The van der Waals surface area contributed by atoms with Crippen LogP contribution in [0.15, 0.2) is 48.5 Å². The third-order valence-corrected chi connectivity index (χ3v) is 5.09. The van der Waals surface area contributed by atoms with E-state index in [1.54, 1.807) is 24.3 Å². The molecule has 3 nitrogen and oxygen atoms in total. The Kier molecular flexibility index (Phi) is 5.73. The van der Waals surface area contributed by atoms with Crippen molar-refractivity contribution >= 4 is 17.2 Å². The molecule has 0 bridgehead atoms. The molecule has 1 heterocycles. The van der Waals surface area contributed by atoms with Crippen LogP contribution in [0, 0.1) is 18.6 Å². The molecule has 0 unspecified atom stereocenters. The van der Waals surface area contributed by atoms with Crippen LogP contribution in [0.2, 0.25) is 0 Å². The van der Waals surface area contributed by atoms with E-state index in [0.717, 1.165) is 26.7 Å². The number of halogens is 2. The lowest BCUT2D eigenvalue weighted by molar-refractivity contribution is -0.120. The maximum absolute atomic E-state index is 13.0. The number of benzene rings is 2. The highest BCUT2D eigenvalue weighted by molar-refractivity contribution is 7.11. The topological polar surface area (TPSA) is 42.0 Å². The maximum atomic E-state index is 13.0. The molecule has 0 aliphatic carbocycles. The van der Waals surface area contributed by atoms with Crippen LogP contribution in [0.4, 0.5) is 8.78 Å². The first-order valence-corrected chi connectivity index (χ1v) is 9.02. The van der Waals surface area contributed by atoms with Crippen molar-refractivity contribution in [1.82, 2.24) is 10.3 Å². The van der Waals surface area contributed by atoms with Crippen molar-refractivity contribution in [2.45, 2.75) is 26.3 Å². The van der Waals surface area contributed by atoms with Gasteiger partial charge in [0.2, 0.25) is 5.91 Å². The van der Waals surface area contributed by atoms with Gasteiger partial charge < -0.3 is 5.32 Å². The summed E-state index contributed by atoms with van der Waals surface area (Å²) in [5.41, 5.74) is 2.70. The fraction of sp³-hybridized carbons (Fsp3) is 0.200. The van der Waals surface area contributed by atoms with Gasteiger partial charge in [-0.15, -0.1) is 11.3 Å². The van der Waals surface area contributed by atoms with E-state index in [0.29, 0.717) is 13.0 Å². The molecule has 0 aliphatic heterocycles. The Bertz CT molecular complexity index is 889. The second kappa shape index (κ2) is 8.19. The maximum Gasteiger partial charge on any atom is 0.224 e. The molecule has 0 spiro atoms. The van der Waals surface area contributed by atoms with Crippen molar-refractivity contribution in [3.8, 4) is 0 Å². The van der Waals surface area contributed by atoms with E-state index in [-0.39, 0.29) is 24.0 Å². The standard InChI is InChI=1S/C20H18F2N2OS/c1-13-18(10-14-2-6-16(21)7-3-14)26-20(24-13)12-23-19(25)11-15-4-8-17(22)9-5-15/h2-9H,10-12H2,1H3,(H,23,25). The Morgan fingerprint density at radius 1 is 1.00 bits per heavy atom. The van der Waals surface area contributed by atoms with Gasteiger partial charge in [0, 0.05) is 11.3 Å². The molecule has 1 aromatic heterocycles. The van der Waals surface area contributed by atoms with E-state index in [9.17, 15) is 13.6 Å². The number of nitrogens with one attached hydrogen (secondary N) is 1. The molecule has 0 saturated carbocycles. The van der Waals surface area contributed by atoms with Crippen LogP contribution in [0.5, 0.6) is 0 Å². The number of carbonyl (C=O) groups is 1. The Balaban J connectivity index is 1.56. The van der Waals surface area contributed by atoms with Crippen molar-refractivity contribution in [2.75, 3.05) is 0 Å². The highest BCUT2D eigenvalue weighted by atomic mass is 32.1. The van der Waals surface area contributed by atoms with Gasteiger partial charge >= 0.3 is 0 Å². The Hall–Kier alpha value is -2.60. The number of nitrogens with zero attached hydrogens (tertiary/aromatic N) is 1. The quantitative estimate of drug-likeness (QED) is 0.705. The van der Waals surface area contributed by atoms with Crippen molar-refractivity contribution in [2.24, 2.45) is 0 Å². The molecule has 1 N–H and O–H groups in total. The second-order valence-electron chi connectivity index (χ2n) is 6.00. The number of thiazole rings is 1. The number of aromatic nitrogens is 1. The number of hydrogen-bond donors (Lipinski definition) is 1. The predicted octanol–water partition coefficient (Wildman–Crippen LogP) is 4.18. The van der Waals surface area contributed by atoms with E-state index in [1.807, 2.05) is 6.92 Å². The summed E-state index contributed by atoms with van der Waals surface area (Å²) in [5, 5.41) is 3.67. The van der Waals surface area contributed by atoms with Gasteiger partial charge in [-0.2, -0.15) is 0 Å². The van der Waals surface area contributed by atoms with Crippen LogP contribution in [-0.2, 0) is 24.2 Å². The predicted molar refractivity (Wildman–Crippen MR) is 98.0 cm³/mol. The lowest BCUT2D eigenvalue weighted by Crippen LogP contribution is -2.24. The number of aryl methyl sites for hydroxylation is 1. The number of amides is 1. The highest BCUT2D eigenvalue weighted by Crippen LogP contribution is 2.21. The molecule has 0 saturated heterocycles. The summed E-state index contributed by atoms with van der Waals surface area (Å²) < 4.78 is 25.9. The van der Waals surface area contributed by atoms with Crippen LogP contribution in [0.3, 0.4) is 0 Å². The zero-order chi connectivity index (χ0) is 18.5. The molecule has 1 amide bonds. The van der Waals surface area contributed by atoms with Gasteiger partial charge in [0.1, 0.15) is 16.6 Å². The van der Waals surface area contributed by atoms with E-state index < -0.39 is 0 Å². The summed E-state index contributed by atoms with van der Waals surface area (Å²) in [5.74, 6) is -0.704. The summed E-state index contributed by atoms with van der Waals surface area (Å²) in [6, 6.07) is 12.3. The number of hydrogen-bond acceptors (Lipinski definition) is 3. The van der Waals surface area contributed by atoms with Gasteiger partial charge in [0.25, 0.3) is 0 Å². The summed E-state index contributed by atoms with van der Waals surface area (Å²) in [4.78, 5) is 17.6. The minimum Gasteiger partial charge on any atom is -0.349 e. The lowest BCUT2D eigenvalue weighted by atomic mass is 10.1. The summed E-state index contributed by atoms with van der Waals surface area (Å²) in [7, 11) is 0. The molecule has 134 valence electrons. The zero-order valence-electron chi connectivity index (χ0n) is 14.3. The third-order valence-electron chi connectivity index (χ3n) is 3.93. The second-order valence-corrected chi connectivity index (χ2v) is 7.17. The highest BCUT2D eigenvalue weighted by Gasteiger charge is 2.10. The van der Waals surface area contributed by atoms with E-state index >= 15 is 0 Å². The Morgan fingerprint density at radius 3 is 2.19 bits per heavy atom. The molecule has 6 heteroatoms. The van der Waals surface area contributed by atoms with Gasteiger partial charge in [0.05, 0.1) is 18.7 Å². The molecule has 0 fully saturated rings. The largest absolute Gasteiger partial charge is 0.349 e. The van der Waals surface area contributed by atoms with Gasteiger partial charge in [-0.1, -0.05) is 24.3 Å². The fourth-order valence-corrected chi connectivity index (χ4v) is 3.58. The molecule has 0 aliphatic rings. The molecule has 3 rings (SSSR count). The SMILES string of the molecule is Cc1nc(CNC(=O)Cc2ccc(F)cc2)sc1Cc1ccc(F)cc1. The van der Waals surface area contributed by atoms with Crippen LogP contribution < -0.4 is 5.32 Å². The molecule has 0 atom stereocenters. The van der Waals surface area contributed by atoms with Crippen LogP contribution >= 0.6 is 11.3 Å². The van der Waals surface area contributed by atoms with Gasteiger partial charge in [-0.25, -0.2) is 13.8 Å². The van der Waals surface area contributed by atoms with Gasteiger partial charge in [-0.05, 0) is 42.3 Å². The van der Waals surface area contributed by atoms with Gasteiger partial charge in [0.15, 0.2) is 0 Å². The smallest absolute Gasteiger partial charge is 0.224 e. The average molecular weight is 372 g/mol. The van der Waals surface area contributed by atoms with Crippen LogP contribution in [0.25, 0.3) is 0 Å². The summed E-state index contributed by atoms with van der Waals surface area (Å²) in [6.45, 7) is 2.29. The third kappa shape index (κ3) is 4.95. The molecule has 3 aromatic rings. The van der Waals surface area contributed by atoms with E-state index in [1.165, 1.54) is 35.6 Å². The first kappa shape index (κ1) is 18.2. The van der Waals surface area contributed by atoms with Crippen LogP contribution in [0.1, 0.15) is 26.7 Å². The minimum absolute atomic E-state index is 0.135. The first-order chi connectivity index (χ1) is 12.5. The van der Waals surface area contributed by atoms with Crippen molar-refractivity contribution < 1.29 is 13.6 Å². The van der Waals surface area contributed by atoms with E-state index in [4.69, 9.17) is 0 Å². The van der Waals surface area contributed by atoms with E-state index in [2.05, 4.69) is 10.3 Å². The Morgan fingerprint density at radius 2 is 1.58 bits per heavy atom. The summed E-state index contributed by atoms with van der Waals surface area (Å²) >= 11 is 1.54. The zero-order valence-corrected chi connectivity index (χ0v) is 15.1. The summed E-state index contributed by atoms with van der Waals surface area (Å²) in [6.07, 6.45) is 0.889. The molecule has 0 radical (unpaired) electrons. The monoisotopic (exact) mass is 372 g/mol. The van der Waals surface area contributed by atoms with Crippen LogP contribution in [-0.4, -0.2) is 10.9 Å². The average Bonchev–Trinajstić information content (AvgIpc) is 2.97. The number of carbonyl (C=O) groups excluding carboxylic acids is 1. The fourth-order valence-electron chi connectivity index (χ4n) is 2.54. The lowest BCUT2D eigenvalue weighted by Gasteiger charge is -2.03. The first-order valence-electron chi connectivity index (χ1n) is 8.20. The van der Waals surface area contributed by atoms with Crippen molar-refractivity contribution in [1.29, 1.82) is 0 Å².